The average molecular weight is 253 g/mol. The molecule has 0 saturated carbocycles. The van der Waals surface area contributed by atoms with Crippen LogP contribution in [0.25, 0.3) is 0 Å². The fraction of sp³-hybridized carbons (Fsp3) is 0.571. The van der Waals surface area contributed by atoms with Crippen LogP contribution in [0.1, 0.15) is 20.3 Å². The van der Waals surface area contributed by atoms with Crippen LogP contribution in [-0.4, -0.2) is 37.5 Å². The molecular formula is C14H23NO3. The van der Waals surface area contributed by atoms with Crippen molar-refractivity contribution in [3.05, 3.63) is 24.3 Å². The van der Waals surface area contributed by atoms with Crippen LogP contribution in [-0.2, 0) is 0 Å². The van der Waals surface area contributed by atoms with E-state index in [0.717, 1.165) is 11.5 Å². The van der Waals surface area contributed by atoms with E-state index in [1.165, 1.54) is 0 Å². The molecule has 0 bridgehead atoms. The van der Waals surface area contributed by atoms with Gasteiger partial charge in [-0.05, 0) is 33.0 Å². The third-order valence-corrected chi connectivity index (χ3v) is 3.09. The lowest BCUT2D eigenvalue weighted by molar-refractivity contribution is 0.113. The number of aliphatic hydroxyl groups excluding tert-OH is 1. The van der Waals surface area contributed by atoms with Crippen LogP contribution in [0.5, 0.6) is 11.5 Å². The van der Waals surface area contributed by atoms with Gasteiger partial charge in [0.1, 0.15) is 0 Å². The zero-order valence-corrected chi connectivity index (χ0v) is 11.6. The largest absolute Gasteiger partial charge is 0.493 e. The van der Waals surface area contributed by atoms with Gasteiger partial charge in [-0.15, -0.1) is 0 Å². The Morgan fingerprint density at radius 3 is 2.44 bits per heavy atom. The minimum absolute atomic E-state index is 0.0223. The Balaban J connectivity index is 2.67. The van der Waals surface area contributed by atoms with Crippen molar-refractivity contribution in [1.82, 2.24) is 5.32 Å². The predicted octanol–water partition coefficient (Wildman–Crippen LogP) is 1.82. The molecule has 1 aromatic rings. The van der Waals surface area contributed by atoms with Crippen molar-refractivity contribution >= 4 is 0 Å². The standard InChI is InChI=1S/C14H23NO3/c1-11(9-14(2,10-16)15-3)18-13-8-6-5-7-12(13)17-4/h5-8,11,15-16H,9-10H2,1-4H3. The van der Waals surface area contributed by atoms with Crippen LogP contribution in [0, 0.1) is 0 Å². The van der Waals surface area contributed by atoms with E-state index in [1.807, 2.05) is 45.2 Å². The van der Waals surface area contributed by atoms with Gasteiger partial charge in [0.15, 0.2) is 11.5 Å². The lowest BCUT2D eigenvalue weighted by Gasteiger charge is -2.30. The molecule has 2 N–H and O–H groups in total. The van der Waals surface area contributed by atoms with E-state index >= 15 is 0 Å². The molecule has 0 aliphatic rings. The molecule has 0 fully saturated rings. The second-order valence-electron chi connectivity index (χ2n) is 4.75. The van der Waals surface area contributed by atoms with Crippen molar-refractivity contribution in [3.8, 4) is 11.5 Å². The molecular weight excluding hydrogens is 230 g/mol. The molecule has 18 heavy (non-hydrogen) atoms. The average Bonchev–Trinajstić information content (AvgIpc) is 2.39. The van der Waals surface area contributed by atoms with Crippen LogP contribution in [0.3, 0.4) is 0 Å². The third-order valence-electron chi connectivity index (χ3n) is 3.09. The fourth-order valence-corrected chi connectivity index (χ4v) is 1.85. The topological polar surface area (TPSA) is 50.7 Å². The highest BCUT2D eigenvalue weighted by Gasteiger charge is 2.25. The van der Waals surface area contributed by atoms with Crippen LogP contribution in [0.15, 0.2) is 24.3 Å². The minimum atomic E-state index is -0.332. The van der Waals surface area contributed by atoms with Gasteiger partial charge in [0, 0.05) is 12.0 Å². The molecule has 0 amide bonds. The molecule has 1 aromatic carbocycles. The molecule has 0 radical (unpaired) electrons. The predicted molar refractivity (Wildman–Crippen MR) is 72.3 cm³/mol. The Morgan fingerprint density at radius 1 is 1.33 bits per heavy atom. The van der Waals surface area contributed by atoms with Crippen LogP contribution >= 0.6 is 0 Å². The van der Waals surface area contributed by atoms with Gasteiger partial charge in [-0.1, -0.05) is 12.1 Å². The summed E-state index contributed by atoms with van der Waals surface area (Å²) in [6.07, 6.45) is 0.684. The lowest BCUT2D eigenvalue weighted by Crippen LogP contribution is -2.46. The van der Waals surface area contributed by atoms with E-state index in [2.05, 4.69) is 5.32 Å². The maximum atomic E-state index is 9.36. The molecule has 0 aromatic heterocycles. The lowest BCUT2D eigenvalue weighted by atomic mass is 9.96. The Labute approximate surface area is 109 Å². The summed E-state index contributed by atoms with van der Waals surface area (Å²) >= 11 is 0. The first kappa shape index (κ1) is 14.8. The van der Waals surface area contributed by atoms with E-state index < -0.39 is 0 Å². The first-order valence-corrected chi connectivity index (χ1v) is 6.14. The quantitative estimate of drug-likeness (QED) is 0.778. The second kappa shape index (κ2) is 6.61. The highest BCUT2D eigenvalue weighted by Crippen LogP contribution is 2.28. The van der Waals surface area contributed by atoms with E-state index in [9.17, 15) is 5.11 Å². The highest BCUT2D eigenvalue weighted by molar-refractivity contribution is 5.39. The number of aliphatic hydroxyl groups is 1. The van der Waals surface area contributed by atoms with Gasteiger partial charge >= 0.3 is 0 Å². The van der Waals surface area contributed by atoms with Crippen LogP contribution < -0.4 is 14.8 Å². The van der Waals surface area contributed by atoms with E-state index in [0.29, 0.717) is 6.42 Å². The maximum Gasteiger partial charge on any atom is 0.161 e. The number of hydrogen-bond acceptors (Lipinski definition) is 4. The number of rotatable bonds is 7. The Morgan fingerprint density at radius 2 is 1.94 bits per heavy atom. The number of methoxy groups -OCH3 is 1. The molecule has 0 saturated heterocycles. The van der Waals surface area contributed by atoms with Crippen LogP contribution in [0.4, 0.5) is 0 Å². The van der Waals surface area contributed by atoms with E-state index in [1.54, 1.807) is 7.11 Å². The number of hydrogen-bond donors (Lipinski definition) is 2. The Bertz CT molecular complexity index is 364. The summed E-state index contributed by atoms with van der Waals surface area (Å²) in [6, 6.07) is 7.56. The molecule has 102 valence electrons. The highest BCUT2D eigenvalue weighted by atomic mass is 16.5. The molecule has 2 atom stereocenters. The van der Waals surface area contributed by atoms with Crippen molar-refractivity contribution < 1.29 is 14.6 Å². The molecule has 1 rings (SSSR count). The van der Waals surface area contributed by atoms with Crippen molar-refractivity contribution in [2.24, 2.45) is 0 Å². The molecule has 4 nitrogen and oxygen atoms in total. The Hall–Kier alpha value is -1.26. The van der Waals surface area contributed by atoms with Gasteiger partial charge in [0.25, 0.3) is 0 Å². The monoisotopic (exact) mass is 253 g/mol. The summed E-state index contributed by atoms with van der Waals surface area (Å²) in [5.41, 5.74) is -0.332. The maximum absolute atomic E-state index is 9.36. The summed E-state index contributed by atoms with van der Waals surface area (Å²) in [5, 5.41) is 12.5. The number of likely N-dealkylation sites (N-methyl/N-ethyl adjacent to an activating group) is 1. The summed E-state index contributed by atoms with van der Waals surface area (Å²) < 4.78 is 11.1. The van der Waals surface area contributed by atoms with Gasteiger partial charge < -0.3 is 19.9 Å². The summed E-state index contributed by atoms with van der Waals surface area (Å²) in [4.78, 5) is 0. The minimum Gasteiger partial charge on any atom is -0.493 e. The van der Waals surface area contributed by atoms with E-state index in [4.69, 9.17) is 9.47 Å². The van der Waals surface area contributed by atoms with Gasteiger partial charge in [-0.3, -0.25) is 0 Å². The van der Waals surface area contributed by atoms with Gasteiger partial charge in [0.05, 0.1) is 19.8 Å². The van der Waals surface area contributed by atoms with Crippen molar-refractivity contribution in [1.29, 1.82) is 0 Å². The molecule has 2 unspecified atom stereocenters. The van der Waals surface area contributed by atoms with Gasteiger partial charge in [-0.2, -0.15) is 0 Å². The number of para-hydroxylation sites is 2. The van der Waals surface area contributed by atoms with Gasteiger partial charge in [-0.25, -0.2) is 0 Å². The second-order valence-corrected chi connectivity index (χ2v) is 4.75. The van der Waals surface area contributed by atoms with E-state index in [-0.39, 0.29) is 18.2 Å². The van der Waals surface area contributed by atoms with Crippen molar-refractivity contribution in [2.45, 2.75) is 31.9 Å². The summed E-state index contributed by atoms with van der Waals surface area (Å²) in [7, 11) is 3.46. The number of benzene rings is 1. The molecule has 0 heterocycles. The Kier molecular flexibility index (Phi) is 5.44. The zero-order chi connectivity index (χ0) is 13.6. The molecule has 0 aliphatic heterocycles. The number of ether oxygens (including phenoxy) is 2. The fourth-order valence-electron chi connectivity index (χ4n) is 1.85. The normalized spacial score (nSPS) is 15.8. The van der Waals surface area contributed by atoms with Crippen LogP contribution in [0.2, 0.25) is 0 Å². The smallest absolute Gasteiger partial charge is 0.161 e. The first-order chi connectivity index (χ1) is 8.54. The van der Waals surface area contributed by atoms with Crippen molar-refractivity contribution in [3.63, 3.8) is 0 Å². The summed E-state index contributed by atoms with van der Waals surface area (Å²) in [6.45, 7) is 4.02. The summed E-state index contributed by atoms with van der Waals surface area (Å²) in [5.74, 6) is 1.45. The SMILES string of the molecule is CNC(C)(CO)CC(C)Oc1ccccc1OC. The molecule has 0 aliphatic carbocycles. The number of nitrogens with one attached hydrogen (secondary N) is 1. The molecule has 4 heteroatoms. The third kappa shape index (κ3) is 3.89. The molecule has 0 spiro atoms. The first-order valence-electron chi connectivity index (χ1n) is 6.14. The zero-order valence-electron chi connectivity index (χ0n) is 11.6. The van der Waals surface area contributed by atoms with Gasteiger partial charge in [0.2, 0.25) is 0 Å². The van der Waals surface area contributed by atoms with Crippen molar-refractivity contribution in [2.75, 3.05) is 20.8 Å².